The van der Waals surface area contributed by atoms with E-state index in [0.29, 0.717) is 16.9 Å². The highest BCUT2D eigenvalue weighted by Crippen LogP contribution is 2.25. The normalized spacial score (nSPS) is 17.8. The number of halogens is 3. The first-order valence-electron chi connectivity index (χ1n) is 12.5. The van der Waals surface area contributed by atoms with Gasteiger partial charge < -0.3 is 24.8 Å². The molecule has 2 aromatic carbocycles. The summed E-state index contributed by atoms with van der Waals surface area (Å²) in [6.45, 7) is 2.47. The number of carbonyl (C=O) groups excluding carboxylic acids is 2. The molecule has 3 aromatic rings. The van der Waals surface area contributed by atoms with Crippen molar-refractivity contribution in [3.05, 3.63) is 59.4 Å². The molecule has 0 spiro atoms. The molecule has 206 valence electrons. The minimum Gasteiger partial charge on any atom is -0.497 e. The fourth-order valence-corrected chi connectivity index (χ4v) is 4.66. The summed E-state index contributed by atoms with van der Waals surface area (Å²) in [7, 11) is 3.55. The Morgan fingerprint density at radius 2 is 1.92 bits per heavy atom. The predicted molar refractivity (Wildman–Crippen MR) is 141 cm³/mol. The fraction of sp³-hybridized carbons (Fsp3) is 0.393. The van der Waals surface area contributed by atoms with Crippen LogP contribution in [-0.4, -0.2) is 72.3 Å². The molecule has 8 nitrogen and oxygen atoms in total. The third kappa shape index (κ3) is 7.09. The number of methoxy groups -OCH3 is 1. The number of nitrogens with one attached hydrogen (secondary N) is 2. The number of benzene rings is 2. The Balaban J connectivity index is 1.56. The molecule has 39 heavy (non-hydrogen) atoms. The lowest BCUT2D eigenvalue weighted by Crippen LogP contribution is -2.48. The number of hydrogen-bond acceptors (Lipinski definition) is 5. The number of imidazole rings is 1. The summed E-state index contributed by atoms with van der Waals surface area (Å²) in [6, 6.07) is 9.50. The molecule has 1 aliphatic rings. The molecule has 1 saturated heterocycles. The van der Waals surface area contributed by atoms with Gasteiger partial charge in [-0.2, -0.15) is 13.2 Å². The molecule has 2 amide bonds. The van der Waals surface area contributed by atoms with Gasteiger partial charge in [0, 0.05) is 23.7 Å². The second-order valence-corrected chi connectivity index (χ2v) is 9.70. The molecule has 2 atom stereocenters. The molecule has 0 radical (unpaired) electrons. The Labute approximate surface area is 224 Å². The van der Waals surface area contributed by atoms with Crippen molar-refractivity contribution in [1.82, 2.24) is 25.1 Å². The van der Waals surface area contributed by atoms with Crippen LogP contribution in [0.15, 0.2) is 42.7 Å². The van der Waals surface area contributed by atoms with Gasteiger partial charge in [0.05, 0.1) is 31.1 Å². The number of alkyl halides is 3. The first-order valence-corrected chi connectivity index (χ1v) is 12.5. The molecule has 1 aromatic heterocycles. The van der Waals surface area contributed by atoms with Crippen molar-refractivity contribution in [2.24, 2.45) is 5.92 Å². The lowest BCUT2D eigenvalue weighted by Gasteiger charge is -2.35. The lowest BCUT2D eigenvalue weighted by atomic mass is 9.93. The number of likely N-dealkylation sites (tertiary alicyclic amines) is 1. The summed E-state index contributed by atoms with van der Waals surface area (Å²) in [4.78, 5) is 32.0. The van der Waals surface area contributed by atoms with Crippen LogP contribution in [0.1, 0.15) is 39.6 Å². The SMILES string of the molecule is COc1ccc(C(=O)NCC#Cc2cc(C(=O)N[C@H]3CCN(C)C[C@@H]3C)c3ncn(CC(F)(F)F)c3c2)cc1. The van der Waals surface area contributed by atoms with Crippen LogP contribution in [0.4, 0.5) is 13.2 Å². The Hall–Kier alpha value is -4.04. The van der Waals surface area contributed by atoms with Gasteiger partial charge in [0.2, 0.25) is 0 Å². The van der Waals surface area contributed by atoms with E-state index in [1.165, 1.54) is 19.2 Å². The number of aromatic nitrogens is 2. The van der Waals surface area contributed by atoms with Gasteiger partial charge in [-0.15, -0.1) is 0 Å². The van der Waals surface area contributed by atoms with E-state index in [1.807, 2.05) is 7.05 Å². The molecule has 4 rings (SSSR count). The summed E-state index contributed by atoms with van der Waals surface area (Å²) >= 11 is 0. The summed E-state index contributed by atoms with van der Waals surface area (Å²) in [6.07, 6.45) is -2.62. The molecule has 2 heterocycles. The van der Waals surface area contributed by atoms with Crippen LogP contribution in [0, 0.1) is 17.8 Å². The highest BCUT2D eigenvalue weighted by Gasteiger charge is 2.30. The molecule has 1 fully saturated rings. The first-order chi connectivity index (χ1) is 18.5. The minimum absolute atomic E-state index is 0.000646. The van der Waals surface area contributed by atoms with Gasteiger partial charge in [0.15, 0.2) is 0 Å². The lowest BCUT2D eigenvalue weighted by molar-refractivity contribution is -0.139. The third-order valence-electron chi connectivity index (χ3n) is 6.67. The number of ether oxygens (including phenoxy) is 1. The molecule has 0 saturated carbocycles. The third-order valence-corrected chi connectivity index (χ3v) is 6.67. The number of nitrogens with zero attached hydrogens (tertiary/aromatic N) is 3. The van der Waals surface area contributed by atoms with E-state index < -0.39 is 18.6 Å². The van der Waals surface area contributed by atoms with Gasteiger partial charge in [-0.25, -0.2) is 4.98 Å². The topological polar surface area (TPSA) is 88.5 Å². The zero-order valence-electron chi connectivity index (χ0n) is 21.9. The number of piperidine rings is 1. The number of hydrogen-bond donors (Lipinski definition) is 2. The number of rotatable bonds is 6. The van der Waals surface area contributed by atoms with E-state index in [0.717, 1.165) is 30.4 Å². The monoisotopic (exact) mass is 541 g/mol. The van der Waals surface area contributed by atoms with Gasteiger partial charge in [-0.05, 0) is 62.3 Å². The van der Waals surface area contributed by atoms with Gasteiger partial charge in [0.25, 0.3) is 11.8 Å². The molecule has 0 bridgehead atoms. The summed E-state index contributed by atoms with van der Waals surface area (Å²) < 4.78 is 45.6. The van der Waals surface area contributed by atoms with Crippen LogP contribution in [0.2, 0.25) is 0 Å². The average molecular weight is 542 g/mol. The maximum absolute atomic E-state index is 13.3. The fourth-order valence-electron chi connectivity index (χ4n) is 4.66. The highest BCUT2D eigenvalue weighted by molar-refractivity contribution is 6.05. The van der Waals surface area contributed by atoms with E-state index in [4.69, 9.17) is 4.74 Å². The Kier molecular flexibility index (Phi) is 8.45. The minimum atomic E-state index is -4.47. The van der Waals surface area contributed by atoms with Crippen LogP contribution in [-0.2, 0) is 6.54 Å². The van der Waals surface area contributed by atoms with Gasteiger partial charge in [0.1, 0.15) is 17.8 Å². The molecular weight excluding hydrogens is 511 g/mol. The van der Waals surface area contributed by atoms with E-state index in [9.17, 15) is 22.8 Å². The second kappa shape index (κ2) is 11.8. The molecular formula is C28H30F3N5O3. The van der Waals surface area contributed by atoms with Crippen molar-refractivity contribution in [2.45, 2.75) is 32.1 Å². The van der Waals surface area contributed by atoms with Crippen LogP contribution < -0.4 is 15.4 Å². The first kappa shape index (κ1) is 28.0. The summed E-state index contributed by atoms with van der Waals surface area (Å²) in [5, 5.41) is 5.72. The molecule has 2 N–H and O–H groups in total. The van der Waals surface area contributed by atoms with Crippen molar-refractivity contribution < 1.29 is 27.5 Å². The van der Waals surface area contributed by atoms with Crippen molar-refractivity contribution in [1.29, 1.82) is 0 Å². The smallest absolute Gasteiger partial charge is 0.406 e. The number of carbonyl (C=O) groups is 2. The van der Waals surface area contributed by atoms with Crippen molar-refractivity contribution in [3.8, 4) is 17.6 Å². The van der Waals surface area contributed by atoms with Gasteiger partial charge >= 0.3 is 6.18 Å². The van der Waals surface area contributed by atoms with Gasteiger partial charge in [-0.1, -0.05) is 18.8 Å². The predicted octanol–water partition coefficient (Wildman–Crippen LogP) is 3.46. The summed E-state index contributed by atoms with van der Waals surface area (Å²) in [5.74, 6) is 5.77. The van der Waals surface area contributed by atoms with E-state index in [2.05, 4.69) is 39.3 Å². The van der Waals surface area contributed by atoms with Gasteiger partial charge in [-0.3, -0.25) is 9.59 Å². The maximum atomic E-state index is 13.3. The Bertz CT molecular complexity index is 1410. The largest absolute Gasteiger partial charge is 0.497 e. The molecule has 0 aliphatic carbocycles. The average Bonchev–Trinajstić information content (AvgIpc) is 3.28. The van der Waals surface area contributed by atoms with Crippen LogP contribution in [0.25, 0.3) is 11.0 Å². The standard InChI is InChI=1S/C28H30F3N5O3/c1-18-15-35(2)12-10-23(18)34-27(38)22-13-19(14-24-25(22)33-17-36(24)16-28(29,30)31)5-4-11-32-26(37)20-6-8-21(39-3)9-7-20/h6-9,13-14,17-18,23H,10-12,15-16H2,1-3H3,(H,32,37)(H,34,38)/t18-,23-/m0/s1. The molecule has 0 unspecified atom stereocenters. The van der Waals surface area contributed by atoms with E-state index >= 15 is 0 Å². The molecule has 11 heteroatoms. The summed E-state index contributed by atoms with van der Waals surface area (Å²) in [5.41, 5.74) is 1.26. The number of amides is 2. The van der Waals surface area contributed by atoms with Crippen molar-refractivity contribution in [3.63, 3.8) is 0 Å². The Morgan fingerprint density at radius 1 is 1.18 bits per heavy atom. The maximum Gasteiger partial charge on any atom is 0.406 e. The van der Waals surface area contributed by atoms with E-state index in [-0.39, 0.29) is 41.0 Å². The Morgan fingerprint density at radius 3 is 2.59 bits per heavy atom. The van der Waals surface area contributed by atoms with Crippen LogP contribution in [0.5, 0.6) is 5.75 Å². The van der Waals surface area contributed by atoms with Crippen LogP contribution >= 0.6 is 0 Å². The molecule has 1 aliphatic heterocycles. The van der Waals surface area contributed by atoms with Crippen molar-refractivity contribution >= 4 is 22.8 Å². The quantitative estimate of drug-likeness (QED) is 0.467. The number of fused-ring (bicyclic) bond motifs is 1. The van der Waals surface area contributed by atoms with Crippen LogP contribution in [0.3, 0.4) is 0 Å². The zero-order chi connectivity index (χ0) is 28.2. The zero-order valence-corrected chi connectivity index (χ0v) is 21.9. The van der Waals surface area contributed by atoms with E-state index in [1.54, 1.807) is 24.3 Å². The van der Waals surface area contributed by atoms with Crippen molar-refractivity contribution in [2.75, 3.05) is 33.8 Å². The highest BCUT2D eigenvalue weighted by atomic mass is 19.4. The second-order valence-electron chi connectivity index (χ2n) is 9.70.